The second-order valence-electron chi connectivity index (χ2n) is 6.14. The molecule has 25 heavy (non-hydrogen) atoms. The molecular formula is C19H20N4O2. The van der Waals surface area contributed by atoms with Crippen LogP contribution < -0.4 is 5.32 Å². The van der Waals surface area contributed by atoms with Gasteiger partial charge in [0.2, 0.25) is 0 Å². The van der Waals surface area contributed by atoms with Crippen molar-refractivity contribution in [1.29, 1.82) is 0 Å². The molecule has 1 heterocycles. The predicted octanol–water partition coefficient (Wildman–Crippen LogP) is 2.12. The monoisotopic (exact) mass is 336 g/mol. The van der Waals surface area contributed by atoms with Gasteiger partial charge in [0.25, 0.3) is 5.91 Å². The van der Waals surface area contributed by atoms with Gasteiger partial charge in [-0.05, 0) is 24.6 Å². The molecule has 0 fully saturated rings. The van der Waals surface area contributed by atoms with Gasteiger partial charge < -0.3 is 10.4 Å². The summed E-state index contributed by atoms with van der Waals surface area (Å²) < 4.78 is 1.63. The van der Waals surface area contributed by atoms with Crippen LogP contribution in [0.2, 0.25) is 0 Å². The third-order valence-corrected chi connectivity index (χ3v) is 3.99. The molecule has 0 spiro atoms. The Hall–Kier alpha value is -2.99. The molecule has 0 radical (unpaired) electrons. The number of aryl methyl sites for hydroxylation is 1. The van der Waals surface area contributed by atoms with Crippen LogP contribution in [-0.4, -0.2) is 32.3 Å². The molecule has 6 heteroatoms. The number of carbonyl (C=O) groups is 1. The third kappa shape index (κ3) is 3.92. The van der Waals surface area contributed by atoms with Crippen LogP contribution >= 0.6 is 0 Å². The van der Waals surface area contributed by atoms with Gasteiger partial charge in [-0.1, -0.05) is 42.5 Å². The predicted molar refractivity (Wildman–Crippen MR) is 94.8 cm³/mol. The highest BCUT2D eigenvalue weighted by Crippen LogP contribution is 2.19. The van der Waals surface area contributed by atoms with Crippen molar-refractivity contribution >= 4 is 5.91 Å². The van der Waals surface area contributed by atoms with Gasteiger partial charge in [0.05, 0.1) is 6.54 Å². The van der Waals surface area contributed by atoms with E-state index in [2.05, 4.69) is 15.4 Å². The number of nitrogens with one attached hydrogen (secondary N) is 1. The highest BCUT2D eigenvalue weighted by atomic mass is 16.3. The SMILES string of the molecule is Cn1cnc(-c2ccc(C(=O)NCC(C)(O)c3ccccc3)cc2)n1. The molecule has 0 aliphatic carbocycles. The molecule has 0 bridgehead atoms. The van der Waals surface area contributed by atoms with Crippen LogP contribution in [0.25, 0.3) is 11.4 Å². The molecule has 0 saturated carbocycles. The molecule has 1 unspecified atom stereocenters. The van der Waals surface area contributed by atoms with E-state index in [1.165, 1.54) is 0 Å². The van der Waals surface area contributed by atoms with E-state index in [1.54, 1.807) is 49.2 Å². The van der Waals surface area contributed by atoms with Crippen LogP contribution in [0.3, 0.4) is 0 Å². The average Bonchev–Trinajstić information content (AvgIpc) is 3.07. The molecular weight excluding hydrogens is 316 g/mol. The largest absolute Gasteiger partial charge is 0.384 e. The fourth-order valence-corrected chi connectivity index (χ4v) is 2.50. The van der Waals surface area contributed by atoms with Gasteiger partial charge in [0.1, 0.15) is 11.9 Å². The molecule has 0 saturated heterocycles. The van der Waals surface area contributed by atoms with Gasteiger partial charge in [-0.2, -0.15) is 5.10 Å². The molecule has 3 aromatic rings. The molecule has 128 valence electrons. The average molecular weight is 336 g/mol. The second kappa shape index (κ2) is 6.86. The van der Waals surface area contributed by atoms with Gasteiger partial charge in [0, 0.05) is 18.2 Å². The zero-order valence-corrected chi connectivity index (χ0v) is 14.2. The van der Waals surface area contributed by atoms with Crippen molar-refractivity contribution in [1.82, 2.24) is 20.1 Å². The number of hydrogen-bond donors (Lipinski definition) is 2. The Morgan fingerprint density at radius 3 is 2.44 bits per heavy atom. The number of carbonyl (C=O) groups excluding carboxylic acids is 1. The van der Waals surface area contributed by atoms with Crippen LogP contribution in [0, 0.1) is 0 Å². The van der Waals surface area contributed by atoms with E-state index in [1.807, 2.05) is 30.3 Å². The standard InChI is InChI=1S/C19H20N4O2/c1-19(25,16-6-4-3-5-7-16)12-20-18(24)15-10-8-14(9-11-15)17-21-13-23(2)22-17/h3-11,13,25H,12H2,1-2H3,(H,20,24). The smallest absolute Gasteiger partial charge is 0.251 e. The summed E-state index contributed by atoms with van der Waals surface area (Å²) in [5.74, 6) is 0.373. The number of aromatic nitrogens is 3. The zero-order chi connectivity index (χ0) is 17.9. The summed E-state index contributed by atoms with van der Waals surface area (Å²) in [6.45, 7) is 1.80. The van der Waals surface area contributed by atoms with Gasteiger partial charge in [-0.15, -0.1) is 0 Å². The van der Waals surface area contributed by atoms with Crippen LogP contribution in [0.5, 0.6) is 0 Å². The maximum absolute atomic E-state index is 12.3. The van der Waals surface area contributed by atoms with Crippen LogP contribution in [-0.2, 0) is 12.6 Å². The summed E-state index contributed by atoms with van der Waals surface area (Å²) in [5, 5.41) is 17.5. The maximum Gasteiger partial charge on any atom is 0.251 e. The first-order valence-corrected chi connectivity index (χ1v) is 7.98. The minimum Gasteiger partial charge on any atom is -0.384 e. The summed E-state index contributed by atoms with van der Waals surface area (Å²) >= 11 is 0. The Kier molecular flexibility index (Phi) is 4.63. The number of rotatable bonds is 5. The lowest BCUT2D eigenvalue weighted by atomic mass is 9.96. The van der Waals surface area contributed by atoms with E-state index < -0.39 is 5.60 Å². The Morgan fingerprint density at radius 2 is 1.84 bits per heavy atom. The summed E-state index contributed by atoms with van der Waals surface area (Å²) in [4.78, 5) is 16.5. The fraction of sp³-hybridized carbons (Fsp3) is 0.211. The fourth-order valence-electron chi connectivity index (χ4n) is 2.50. The van der Waals surface area contributed by atoms with Crippen LogP contribution in [0.4, 0.5) is 0 Å². The molecule has 2 aromatic carbocycles. The van der Waals surface area contributed by atoms with E-state index in [0.717, 1.165) is 11.1 Å². The van der Waals surface area contributed by atoms with E-state index in [-0.39, 0.29) is 12.5 Å². The Labute approximate surface area is 146 Å². The van der Waals surface area contributed by atoms with E-state index >= 15 is 0 Å². The van der Waals surface area contributed by atoms with Crippen molar-refractivity contribution in [3.05, 3.63) is 72.1 Å². The van der Waals surface area contributed by atoms with E-state index in [0.29, 0.717) is 11.4 Å². The maximum atomic E-state index is 12.3. The highest BCUT2D eigenvalue weighted by molar-refractivity contribution is 5.94. The molecule has 2 N–H and O–H groups in total. The minimum atomic E-state index is -1.13. The molecule has 1 aromatic heterocycles. The van der Waals surface area contributed by atoms with Crippen molar-refractivity contribution in [2.45, 2.75) is 12.5 Å². The van der Waals surface area contributed by atoms with Gasteiger partial charge in [0.15, 0.2) is 5.82 Å². The van der Waals surface area contributed by atoms with Crippen molar-refractivity contribution in [2.24, 2.45) is 7.05 Å². The number of aliphatic hydroxyl groups is 1. The first kappa shape index (κ1) is 16.9. The van der Waals surface area contributed by atoms with Crippen LogP contribution in [0.15, 0.2) is 60.9 Å². The van der Waals surface area contributed by atoms with Crippen molar-refractivity contribution < 1.29 is 9.90 Å². The van der Waals surface area contributed by atoms with Gasteiger partial charge in [-0.3, -0.25) is 9.48 Å². The molecule has 1 amide bonds. The Balaban J connectivity index is 1.65. The first-order chi connectivity index (χ1) is 12.0. The normalized spacial score (nSPS) is 13.2. The van der Waals surface area contributed by atoms with Crippen LogP contribution in [0.1, 0.15) is 22.8 Å². The summed E-state index contributed by atoms with van der Waals surface area (Å²) in [5.41, 5.74) is 0.984. The number of amides is 1. The van der Waals surface area contributed by atoms with Crippen molar-refractivity contribution in [3.63, 3.8) is 0 Å². The summed E-state index contributed by atoms with van der Waals surface area (Å²) in [6.07, 6.45) is 1.63. The topological polar surface area (TPSA) is 80.0 Å². The number of nitrogens with zero attached hydrogens (tertiary/aromatic N) is 3. The highest BCUT2D eigenvalue weighted by Gasteiger charge is 2.23. The zero-order valence-electron chi connectivity index (χ0n) is 14.2. The molecule has 0 aliphatic rings. The lowest BCUT2D eigenvalue weighted by molar-refractivity contribution is 0.0526. The lowest BCUT2D eigenvalue weighted by Crippen LogP contribution is -2.38. The molecule has 0 aliphatic heterocycles. The molecule has 6 nitrogen and oxygen atoms in total. The minimum absolute atomic E-state index is 0.124. The van der Waals surface area contributed by atoms with Crippen molar-refractivity contribution in [2.75, 3.05) is 6.54 Å². The number of hydrogen-bond acceptors (Lipinski definition) is 4. The van der Waals surface area contributed by atoms with Crippen molar-refractivity contribution in [3.8, 4) is 11.4 Å². The third-order valence-electron chi connectivity index (χ3n) is 3.99. The Morgan fingerprint density at radius 1 is 1.16 bits per heavy atom. The number of benzene rings is 2. The van der Waals surface area contributed by atoms with E-state index in [9.17, 15) is 9.90 Å². The van der Waals surface area contributed by atoms with Gasteiger partial charge >= 0.3 is 0 Å². The Bertz CT molecular complexity index is 855. The quantitative estimate of drug-likeness (QED) is 0.748. The lowest BCUT2D eigenvalue weighted by Gasteiger charge is -2.24. The first-order valence-electron chi connectivity index (χ1n) is 7.98. The second-order valence-corrected chi connectivity index (χ2v) is 6.14. The van der Waals surface area contributed by atoms with Gasteiger partial charge in [-0.25, -0.2) is 4.98 Å². The summed E-state index contributed by atoms with van der Waals surface area (Å²) in [7, 11) is 1.80. The van der Waals surface area contributed by atoms with E-state index in [4.69, 9.17) is 0 Å². The molecule has 1 atom stereocenters. The summed E-state index contributed by atoms with van der Waals surface area (Å²) in [6, 6.07) is 16.3. The molecule has 3 rings (SSSR count).